The van der Waals surface area contributed by atoms with Crippen molar-refractivity contribution < 1.29 is 4.52 Å². The third-order valence-electron chi connectivity index (χ3n) is 4.81. The van der Waals surface area contributed by atoms with Crippen LogP contribution in [0.3, 0.4) is 0 Å². The molecule has 0 N–H and O–H groups in total. The van der Waals surface area contributed by atoms with Gasteiger partial charge in [0.15, 0.2) is 0 Å². The minimum absolute atomic E-state index is 0.660. The van der Waals surface area contributed by atoms with Gasteiger partial charge in [0.05, 0.1) is 23.5 Å². The van der Waals surface area contributed by atoms with E-state index in [0.29, 0.717) is 5.92 Å². The van der Waals surface area contributed by atoms with E-state index in [1.54, 1.807) is 11.3 Å². The Balaban J connectivity index is 1.43. The fourth-order valence-electron chi connectivity index (χ4n) is 3.62. The van der Waals surface area contributed by atoms with Gasteiger partial charge in [-0.05, 0) is 51.3 Å². The molecule has 1 saturated heterocycles. The number of aromatic nitrogens is 3. The van der Waals surface area contributed by atoms with Gasteiger partial charge in [-0.15, -0.1) is 11.3 Å². The standard InChI is InChI=1S/C19H22N4OS/c1-13-19(14(2)24-22-13)17-5-3-4-16(21-17)10-15-6-8-23(11-15)12-18-20-7-9-25-18/h3-5,7,9,15H,6,8,10-12H2,1-2H3. The molecule has 1 atom stereocenters. The lowest BCUT2D eigenvalue weighted by atomic mass is 10.0. The molecule has 1 aliphatic heterocycles. The van der Waals surface area contributed by atoms with Crippen molar-refractivity contribution >= 4 is 11.3 Å². The summed E-state index contributed by atoms with van der Waals surface area (Å²) in [7, 11) is 0. The van der Waals surface area contributed by atoms with Gasteiger partial charge >= 0.3 is 0 Å². The van der Waals surface area contributed by atoms with E-state index in [4.69, 9.17) is 9.51 Å². The zero-order chi connectivity index (χ0) is 17.2. The van der Waals surface area contributed by atoms with Crippen LogP contribution in [0.15, 0.2) is 34.3 Å². The maximum atomic E-state index is 5.29. The Kier molecular flexibility index (Phi) is 4.63. The second-order valence-electron chi connectivity index (χ2n) is 6.73. The number of rotatable bonds is 5. The highest BCUT2D eigenvalue weighted by molar-refractivity contribution is 7.09. The van der Waals surface area contributed by atoms with Gasteiger partial charge in [-0.3, -0.25) is 9.88 Å². The smallest absolute Gasteiger partial charge is 0.143 e. The molecule has 1 aliphatic rings. The molecular formula is C19H22N4OS. The van der Waals surface area contributed by atoms with E-state index in [1.807, 2.05) is 31.5 Å². The minimum atomic E-state index is 0.660. The molecule has 1 fully saturated rings. The Hall–Kier alpha value is -2.05. The predicted octanol–water partition coefficient (Wildman–Crippen LogP) is 3.87. The summed E-state index contributed by atoms with van der Waals surface area (Å²) >= 11 is 1.74. The first-order valence-corrected chi connectivity index (χ1v) is 9.57. The van der Waals surface area contributed by atoms with Crippen LogP contribution in [0, 0.1) is 19.8 Å². The van der Waals surface area contributed by atoms with Crippen LogP contribution in [0.2, 0.25) is 0 Å². The van der Waals surface area contributed by atoms with E-state index in [1.165, 1.54) is 11.4 Å². The zero-order valence-electron chi connectivity index (χ0n) is 14.6. The zero-order valence-corrected chi connectivity index (χ0v) is 15.4. The number of thiazole rings is 1. The highest BCUT2D eigenvalue weighted by Gasteiger charge is 2.24. The summed E-state index contributed by atoms with van der Waals surface area (Å²) in [4.78, 5) is 11.8. The molecule has 0 amide bonds. The molecule has 6 heteroatoms. The molecule has 0 radical (unpaired) electrons. The van der Waals surface area contributed by atoms with Crippen molar-refractivity contribution in [1.29, 1.82) is 0 Å². The molecule has 130 valence electrons. The lowest BCUT2D eigenvalue weighted by molar-refractivity contribution is 0.315. The largest absolute Gasteiger partial charge is 0.361 e. The van der Waals surface area contributed by atoms with Gasteiger partial charge in [0, 0.05) is 23.8 Å². The number of hydrogen-bond acceptors (Lipinski definition) is 6. The molecule has 0 bridgehead atoms. The molecule has 0 spiro atoms. The van der Waals surface area contributed by atoms with E-state index < -0.39 is 0 Å². The van der Waals surface area contributed by atoms with Crippen LogP contribution in [0.5, 0.6) is 0 Å². The average molecular weight is 354 g/mol. The highest BCUT2D eigenvalue weighted by Crippen LogP contribution is 2.27. The SMILES string of the molecule is Cc1noc(C)c1-c1cccc(CC2CCN(Cc3nccs3)C2)n1. The molecule has 0 aliphatic carbocycles. The summed E-state index contributed by atoms with van der Waals surface area (Å²) in [5.41, 5.74) is 4.04. The second-order valence-corrected chi connectivity index (χ2v) is 7.71. The third kappa shape index (κ3) is 3.65. The Morgan fingerprint density at radius 3 is 3.00 bits per heavy atom. The molecule has 3 aromatic rings. The Morgan fingerprint density at radius 1 is 1.32 bits per heavy atom. The van der Waals surface area contributed by atoms with Crippen molar-refractivity contribution in [2.24, 2.45) is 5.92 Å². The quantitative estimate of drug-likeness (QED) is 0.696. The monoisotopic (exact) mass is 354 g/mol. The van der Waals surface area contributed by atoms with Crippen LogP contribution in [-0.4, -0.2) is 33.1 Å². The third-order valence-corrected chi connectivity index (χ3v) is 5.57. The van der Waals surface area contributed by atoms with E-state index in [9.17, 15) is 0 Å². The average Bonchev–Trinajstić information content (AvgIpc) is 3.32. The molecule has 3 aromatic heterocycles. The van der Waals surface area contributed by atoms with Crippen LogP contribution in [0.4, 0.5) is 0 Å². The van der Waals surface area contributed by atoms with Crippen LogP contribution in [-0.2, 0) is 13.0 Å². The van der Waals surface area contributed by atoms with Crippen molar-refractivity contribution in [2.75, 3.05) is 13.1 Å². The maximum absolute atomic E-state index is 5.29. The van der Waals surface area contributed by atoms with Crippen molar-refractivity contribution in [3.05, 3.63) is 51.9 Å². The fraction of sp³-hybridized carbons (Fsp3) is 0.421. The van der Waals surface area contributed by atoms with Gasteiger partial charge in [-0.25, -0.2) is 4.98 Å². The van der Waals surface area contributed by atoms with Crippen LogP contribution >= 0.6 is 11.3 Å². The summed E-state index contributed by atoms with van der Waals surface area (Å²) < 4.78 is 5.29. The summed E-state index contributed by atoms with van der Waals surface area (Å²) in [6, 6.07) is 6.26. The second kappa shape index (κ2) is 7.06. The topological polar surface area (TPSA) is 55.1 Å². The van der Waals surface area contributed by atoms with Gasteiger partial charge in [0.2, 0.25) is 0 Å². The van der Waals surface area contributed by atoms with Gasteiger partial charge in [-0.1, -0.05) is 11.2 Å². The van der Waals surface area contributed by atoms with Crippen LogP contribution in [0.25, 0.3) is 11.3 Å². The molecule has 5 nitrogen and oxygen atoms in total. The molecule has 0 aromatic carbocycles. The Bertz CT molecular complexity index is 823. The number of nitrogens with zero attached hydrogens (tertiary/aromatic N) is 4. The first-order chi connectivity index (χ1) is 12.2. The van der Waals surface area contributed by atoms with Crippen LogP contribution in [0.1, 0.15) is 28.6 Å². The van der Waals surface area contributed by atoms with E-state index in [2.05, 4.69) is 27.2 Å². The van der Waals surface area contributed by atoms with E-state index in [0.717, 1.165) is 54.5 Å². The fourth-order valence-corrected chi connectivity index (χ4v) is 4.28. The number of likely N-dealkylation sites (tertiary alicyclic amines) is 1. The van der Waals surface area contributed by atoms with Crippen molar-refractivity contribution in [2.45, 2.75) is 33.2 Å². The molecule has 4 rings (SSSR count). The molecule has 4 heterocycles. The minimum Gasteiger partial charge on any atom is -0.361 e. The van der Waals surface area contributed by atoms with Crippen molar-refractivity contribution in [1.82, 2.24) is 20.0 Å². The van der Waals surface area contributed by atoms with Crippen molar-refractivity contribution in [3.8, 4) is 11.3 Å². The predicted molar refractivity (Wildman–Crippen MR) is 98.4 cm³/mol. The lowest BCUT2D eigenvalue weighted by Crippen LogP contribution is -2.20. The lowest BCUT2D eigenvalue weighted by Gasteiger charge is -2.14. The van der Waals surface area contributed by atoms with Gasteiger partial charge in [-0.2, -0.15) is 0 Å². The Morgan fingerprint density at radius 2 is 2.24 bits per heavy atom. The van der Waals surface area contributed by atoms with Crippen molar-refractivity contribution in [3.63, 3.8) is 0 Å². The summed E-state index contributed by atoms with van der Waals surface area (Å²) in [6.07, 6.45) is 4.13. The first kappa shape index (κ1) is 16.4. The highest BCUT2D eigenvalue weighted by atomic mass is 32.1. The number of aryl methyl sites for hydroxylation is 2. The van der Waals surface area contributed by atoms with Gasteiger partial charge < -0.3 is 4.52 Å². The molecular weight excluding hydrogens is 332 g/mol. The number of hydrogen-bond donors (Lipinski definition) is 0. The number of pyridine rings is 1. The van der Waals surface area contributed by atoms with Gasteiger partial charge in [0.1, 0.15) is 10.8 Å². The van der Waals surface area contributed by atoms with Gasteiger partial charge in [0.25, 0.3) is 0 Å². The summed E-state index contributed by atoms with van der Waals surface area (Å²) in [5, 5.41) is 7.30. The Labute approximate surface area is 151 Å². The van der Waals surface area contributed by atoms with E-state index in [-0.39, 0.29) is 0 Å². The maximum Gasteiger partial charge on any atom is 0.143 e. The molecule has 25 heavy (non-hydrogen) atoms. The molecule has 1 unspecified atom stereocenters. The molecule has 0 saturated carbocycles. The van der Waals surface area contributed by atoms with E-state index >= 15 is 0 Å². The van der Waals surface area contributed by atoms with Crippen LogP contribution < -0.4 is 0 Å². The normalized spacial score (nSPS) is 18.1. The summed E-state index contributed by atoms with van der Waals surface area (Å²) in [6.45, 7) is 7.15. The first-order valence-electron chi connectivity index (χ1n) is 8.69. The summed E-state index contributed by atoms with van der Waals surface area (Å²) in [5.74, 6) is 1.49.